The van der Waals surface area contributed by atoms with Crippen LogP contribution in [0.25, 0.3) is 0 Å². The number of allylic oxidation sites excluding steroid dienone is 3. The number of phenols is 1. The average Bonchev–Trinajstić information content (AvgIpc) is 2.42. The molecule has 0 aliphatic carbocycles. The summed E-state index contributed by atoms with van der Waals surface area (Å²) in [5.74, 6) is 0.233. The van der Waals surface area contributed by atoms with Gasteiger partial charge in [-0.05, 0) is 49.3 Å². The molecule has 100 valence electrons. The largest absolute Gasteiger partial charge is 0.508 e. The molecular weight excluding hydrogens is 240 g/mol. The number of rotatable bonds is 5. The maximum absolute atomic E-state index is 9.43. The molecule has 0 fully saturated rings. The Balaban J connectivity index is 3.02. The Labute approximate surface area is 113 Å². The molecule has 4 nitrogen and oxygen atoms in total. The fourth-order valence-corrected chi connectivity index (χ4v) is 1.33. The molecular formula is C15H18N2O2. The molecule has 0 aliphatic heterocycles. The highest BCUT2D eigenvalue weighted by Gasteiger charge is 1.98. The van der Waals surface area contributed by atoms with Crippen molar-refractivity contribution in [2.75, 3.05) is 6.61 Å². The van der Waals surface area contributed by atoms with Gasteiger partial charge in [0.2, 0.25) is 0 Å². The fourth-order valence-electron chi connectivity index (χ4n) is 1.33. The van der Waals surface area contributed by atoms with Crippen LogP contribution in [-0.2, 0) is 0 Å². The maximum Gasteiger partial charge on any atom is 0.118 e. The fraction of sp³-hybridized carbons (Fsp3) is 0.200. The van der Waals surface area contributed by atoms with Crippen LogP contribution in [0.15, 0.2) is 64.5 Å². The number of azo groups is 1. The van der Waals surface area contributed by atoms with Crippen LogP contribution in [0.1, 0.15) is 12.5 Å². The van der Waals surface area contributed by atoms with E-state index in [0.29, 0.717) is 11.4 Å². The molecule has 19 heavy (non-hydrogen) atoms. The second kappa shape index (κ2) is 7.28. The summed E-state index contributed by atoms with van der Waals surface area (Å²) in [6.07, 6.45) is 4.95. The normalized spacial score (nSPS) is 13.0. The molecule has 1 aromatic carbocycles. The van der Waals surface area contributed by atoms with Crippen LogP contribution >= 0.6 is 0 Å². The molecule has 0 aliphatic rings. The zero-order valence-corrected chi connectivity index (χ0v) is 11.2. The van der Waals surface area contributed by atoms with Gasteiger partial charge in [-0.3, -0.25) is 0 Å². The van der Waals surface area contributed by atoms with E-state index in [0.717, 1.165) is 11.1 Å². The predicted molar refractivity (Wildman–Crippen MR) is 76.5 cm³/mol. The van der Waals surface area contributed by atoms with Gasteiger partial charge >= 0.3 is 0 Å². The summed E-state index contributed by atoms with van der Waals surface area (Å²) in [6, 6.07) is 5.01. The van der Waals surface area contributed by atoms with Gasteiger partial charge in [0.1, 0.15) is 5.75 Å². The van der Waals surface area contributed by atoms with Crippen LogP contribution in [-0.4, -0.2) is 16.8 Å². The zero-order valence-electron chi connectivity index (χ0n) is 11.2. The number of benzene rings is 1. The summed E-state index contributed by atoms with van der Waals surface area (Å²) in [5.41, 5.74) is 2.90. The Morgan fingerprint density at radius 3 is 2.74 bits per heavy atom. The second-order valence-electron chi connectivity index (χ2n) is 4.03. The molecule has 0 aromatic heterocycles. The van der Waals surface area contributed by atoms with Crippen molar-refractivity contribution < 1.29 is 10.2 Å². The van der Waals surface area contributed by atoms with E-state index in [1.54, 1.807) is 43.4 Å². The Bertz CT molecular complexity index is 543. The standard InChI is InChI=1S/C15H18N2O2/c1-4-11(2)14(6-5-9-18)17-16-13-7-8-15(19)12(3)10-13/h4-8,10,18-19H,1,9H2,2-3H3/b6-5-,14-11+,17-16+. The van der Waals surface area contributed by atoms with Crippen molar-refractivity contribution in [1.82, 2.24) is 0 Å². The van der Waals surface area contributed by atoms with Crippen molar-refractivity contribution in [3.8, 4) is 5.75 Å². The number of nitrogens with zero attached hydrogens (tertiary/aromatic N) is 2. The highest BCUT2D eigenvalue weighted by molar-refractivity contribution is 5.46. The number of aliphatic hydroxyl groups excluding tert-OH is 1. The van der Waals surface area contributed by atoms with Gasteiger partial charge in [-0.2, -0.15) is 10.2 Å². The number of aryl methyl sites for hydroxylation is 1. The lowest BCUT2D eigenvalue weighted by Crippen LogP contribution is -1.80. The van der Waals surface area contributed by atoms with Gasteiger partial charge in [-0.1, -0.05) is 18.7 Å². The quantitative estimate of drug-likeness (QED) is 0.623. The van der Waals surface area contributed by atoms with Gasteiger partial charge in [0.05, 0.1) is 18.0 Å². The summed E-state index contributed by atoms with van der Waals surface area (Å²) in [6.45, 7) is 7.29. The van der Waals surface area contributed by atoms with Crippen molar-refractivity contribution in [3.05, 3.63) is 59.8 Å². The molecule has 1 aromatic rings. The van der Waals surface area contributed by atoms with Gasteiger partial charge in [-0.25, -0.2) is 0 Å². The molecule has 0 amide bonds. The minimum absolute atomic E-state index is 0.0538. The minimum atomic E-state index is -0.0538. The van der Waals surface area contributed by atoms with Gasteiger partial charge in [0.25, 0.3) is 0 Å². The van der Waals surface area contributed by atoms with Crippen molar-refractivity contribution in [2.24, 2.45) is 10.2 Å². The van der Waals surface area contributed by atoms with Crippen LogP contribution in [0.5, 0.6) is 5.75 Å². The van der Waals surface area contributed by atoms with E-state index in [-0.39, 0.29) is 12.4 Å². The predicted octanol–water partition coefficient (Wildman–Crippen LogP) is 3.79. The molecule has 1 rings (SSSR count). The maximum atomic E-state index is 9.43. The molecule has 0 saturated heterocycles. The van der Waals surface area contributed by atoms with E-state index in [9.17, 15) is 5.11 Å². The van der Waals surface area contributed by atoms with Crippen LogP contribution in [0.2, 0.25) is 0 Å². The van der Waals surface area contributed by atoms with E-state index in [1.165, 1.54) is 0 Å². The molecule has 0 saturated carbocycles. The highest BCUT2D eigenvalue weighted by Crippen LogP contribution is 2.23. The van der Waals surface area contributed by atoms with Crippen molar-refractivity contribution in [2.45, 2.75) is 13.8 Å². The third kappa shape index (κ3) is 4.52. The summed E-state index contributed by atoms with van der Waals surface area (Å²) in [4.78, 5) is 0. The van der Waals surface area contributed by atoms with Gasteiger partial charge in [0, 0.05) is 0 Å². The van der Waals surface area contributed by atoms with Gasteiger partial charge in [0.15, 0.2) is 0 Å². The Morgan fingerprint density at radius 1 is 1.42 bits per heavy atom. The van der Waals surface area contributed by atoms with Crippen LogP contribution in [0.4, 0.5) is 5.69 Å². The van der Waals surface area contributed by atoms with E-state index in [2.05, 4.69) is 16.8 Å². The first-order chi connectivity index (χ1) is 9.08. The summed E-state index contributed by atoms with van der Waals surface area (Å²) >= 11 is 0. The van der Waals surface area contributed by atoms with Crippen LogP contribution < -0.4 is 0 Å². The van der Waals surface area contributed by atoms with Crippen molar-refractivity contribution in [1.29, 1.82) is 0 Å². The molecule has 2 N–H and O–H groups in total. The van der Waals surface area contributed by atoms with E-state index in [4.69, 9.17) is 5.11 Å². The summed E-state index contributed by atoms with van der Waals surface area (Å²) in [7, 11) is 0. The lowest BCUT2D eigenvalue weighted by Gasteiger charge is -2.00. The Morgan fingerprint density at radius 2 is 2.16 bits per heavy atom. The molecule has 0 spiro atoms. The topological polar surface area (TPSA) is 65.2 Å². The summed E-state index contributed by atoms with van der Waals surface area (Å²) < 4.78 is 0. The lowest BCUT2D eigenvalue weighted by molar-refractivity contribution is 0.342. The zero-order chi connectivity index (χ0) is 14.3. The molecule has 0 atom stereocenters. The lowest BCUT2D eigenvalue weighted by atomic mass is 10.2. The van der Waals surface area contributed by atoms with Gasteiger partial charge in [-0.15, -0.1) is 0 Å². The molecule has 4 heteroatoms. The van der Waals surface area contributed by atoms with E-state index < -0.39 is 0 Å². The van der Waals surface area contributed by atoms with Crippen LogP contribution in [0.3, 0.4) is 0 Å². The van der Waals surface area contributed by atoms with E-state index in [1.807, 2.05) is 6.92 Å². The smallest absolute Gasteiger partial charge is 0.118 e. The molecule has 0 heterocycles. The SMILES string of the molecule is C=C/C(C)=C(\C=C/CO)/N=N/c1ccc(O)c(C)c1. The first-order valence-corrected chi connectivity index (χ1v) is 5.90. The molecule has 0 unspecified atom stereocenters. The van der Waals surface area contributed by atoms with Crippen molar-refractivity contribution in [3.63, 3.8) is 0 Å². The minimum Gasteiger partial charge on any atom is -0.508 e. The number of aromatic hydroxyl groups is 1. The number of hydrogen-bond acceptors (Lipinski definition) is 4. The third-order valence-electron chi connectivity index (χ3n) is 2.54. The highest BCUT2D eigenvalue weighted by atomic mass is 16.3. The number of aliphatic hydroxyl groups is 1. The Hall–Kier alpha value is -2.20. The number of hydrogen-bond donors (Lipinski definition) is 2. The first kappa shape index (κ1) is 14.9. The van der Waals surface area contributed by atoms with Crippen LogP contribution in [0, 0.1) is 6.92 Å². The number of phenolic OH excluding ortho intramolecular Hbond substituents is 1. The molecule has 0 bridgehead atoms. The first-order valence-electron chi connectivity index (χ1n) is 5.90. The van der Waals surface area contributed by atoms with Crippen molar-refractivity contribution >= 4 is 5.69 Å². The monoisotopic (exact) mass is 258 g/mol. The van der Waals surface area contributed by atoms with Gasteiger partial charge < -0.3 is 10.2 Å². The third-order valence-corrected chi connectivity index (χ3v) is 2.54. The summed E-state index contributed by atoms with van der Waals surface area (Å²) in [5, 5.41) is 26.4. The molecule has 0 radical (unpaired) electrons. The average molecular weight is 258 g/mol. The Kier molecular flexibility index (Phi) is 5.70. The second-order valence-corrected chi connectivity index (χ2v) is 4.03. The van der Waals surface area contributed by atoms with E-state index >= 15 is 0 Å².